The number of hydrogen-bond donors (Lipinski definition) is 1. The Balaban J connectivity index is 2.11. The van der Waals surface area contributed by atoms with E-state index >= 15 is 0 Å². The van der Waals surface area contributed by atoms with Crippen LogP contribution in [0.5, 0.6) is 0 Å². The fraction of sp³-hybridized carbons (Fsp3) is 0.556. The van der Waals surface area contributed by atoms with Crippen molar-refractivity contribution in [3.63, 3.8) is 0 Å². The molecule has 162 valence electrons. The Bertz CT molecular complexity index is 876. The quantitative estimate of drug-likeness (QED) is 0.689. The number of carbonyl (C=O) groups excluding carboxylic acids is 2. The highest BCUT2D eigenvalue weighted by molar-refractivity contribution is 7.89. The number of halogens is 3. The molecule has 0 aliphatic carbocycles. The average Bonchev–Trinajstić information content (AvgIpc) is 3.06. The molecule has 1 amide bonds. The molecular weight excluding hydrogens is 413 g/mol. The molecule has 0 saturated carbocycles. The number of sulfonamides is 1. The number of amides is 1. The number of alkyl halides is 3. The number of benzene rings is 1. The average molecular weight is 436 g/mol. The lowest BCUT2D eigenvalue weighted by atomic mass is 10.1. The van der Waals surface area contributed by atoms with Gasteiger partial charge in [0.1, 0.15) is 12.6 Å². The second-order valence-corrected chi connectivity index (χ2v) is 8.83. The molecule has 1 aromatic rings. The van der Waals surface area contributed by atoms with Crippen LogP contribution in [-0.2, 0) is 24.3 Å². The van der Waals surface area contributed by atoms with Gasteiger partial charge in [-0.15, -0.1) is 0 Å². The van der Waals surface area contributed by atoms with Crippen molar-refractivity contribution in [1.82, 2.24) is 9.62 Å². The molecule has 2 rings (SSSR count). The molecule has 7 nitrogen and oxygen atoms in total. The van der Waals surface area contributed by atoms with Gasteiger partial charge in [-0.25, -0.2) is 8.42 Å². The van der Waals surface area contributed by atoms with Crippen LogP contribution in [0.15, 0.2) is 17.0 Å². The van der Waals surface area contributed by atoms with Crippen LogP contribution >= 0.6 is 0 Å². The van der Waals surface area contributed by atoms with Crippen LogP contribution in [0.25, 0.3) is 0 Å². The van der Waals surface area contributed by atoms with Crippen molar-refractivity contribution >= 4 is 21.9 Å². The number of rotatable bonds is 6. The largest absolute Gasteiger partial charge is 0.454 e. The van der Waals surface area contributed by atoms with Crippen molar-refractivity contribution in [3.8, 4) is 0 Å². The first kappa shape index (κ1) is 23.1. The fourth-order valence-electron chi connectivity index (χ4n) is 3.44. The van der Waals surface area contributed by atoms with Crippen molar-refractivity contribution < 1.29 is 35.9 Å². The van der Waals surface area contributed by atoms with E-state index in [1.165, 1.54) is 0 Å². The van der Waals surface area contributed by atoms with E-state index in [9.17, 15) is 31.2 Å². The first-order valence-corrected chi connectivity index (χ1v) is 10.4. The van der Waals surface area contributed by atoms with Gasteiger partial charge < -0.3 is 10.1 Å². The highest BCUT2D eigenvalue weighted by Crippen LogP contribution is 2.31. The van der Waals surface area contributed by atoms with E-state index in [-0.39, 0.29) is 17.9 Å². The van der Waals surface area contributed by atoms with Gasteiger partial charge in [0.2, 0.25) is 10.0 Å². The van der Waals surface area contributed by atoms with Gasteiger partial charge >= 0.3 is 12.1 Å². The van der Waals surface area contributed by atoms with Gasteiger partial charge in [0, 0.05) is 6.54 Å². The monoisotopic (exact) mass is 436 g/mol. The normalized spacial score (nSPS) is 17.9. The molecule has 1 saturated heterocycles. The zero-order valence-corrected chi connectivity index (χ0v) is 17.1. The minimum Gasteiger partial charge on any atom is -0.454 e. The maximum Gasteiger partial charge on any atom is 0.405 e. The van der Waals surface area contributed by atoms with Gasteiger partial charge in [0.25, 0.3) is 5.91 Å². The van der Waals surface area contributed by atoms with Gasteiger partial charge in [-0.05, 0) is 44.7 Å². The highest BCUT2D eigenvalue weighted by atomic mass is 32.2. The van der Waals surface area contributed by atoms with Crippen LogP contribution in [0, 0.1) is 20.8 Å². The number of hydrogen-bond acceptors (Lipinski definition) is 5. The topological polar surface area (TPSA) is 92.8 Å². The van der Waals surface area contributed by atoms with E-state index in [1.54, 1.807) is 31.3 Å². The molecule has 11 heteroatoms. The van der Waals surface area contributed by atoms with Crippen molar-refractivity contribution in [2.45, 2.75) is 50.7 Å². The summed E-state index contributed by atoms with van der Waals surface area (Å²) in [6.45, 7) is 2.83. The van der Waals surface area contributed by atoms with Crippen molar-refractivity contribution in [1.29, 1.82) is 0 Å². The molecule has 0 spiro atoms. The molecule has 0 radical (unpaired) electrons. The smallest absolute Gasteiger partial charge is 0.405 e. The zero-order chi connectivity index (χ0) is 22.0. The molecule has 0 bridgehead atoms. The molecule has 1 N–H and O–H groups in total. The van der Waals surface area contributed by atoms with E-state index in [0.29, 0.717) is 17.5 Å². The van der Waals surface area contributed by atoms with Crippen LogP contribution in [0.1, 0.15) is 29.5 Å². The third-order valence-corrected chi connectivity index (χ3v) is 6.69. The zero-order valence-electron chi connectivity index (χ0n) is 16.3. The molecule has 29 heavy (non-hydrogen) atoms. The predicted octanol–water partition coefficient (Wildman–Crippen LogP) is 1.99. The van der Waals surface area contributed by atoms with Crippen LogP contribution < -0.4 is 5.32 Å². The Kier molecular flexibility index (Phi) is 6.94. The van der Waals surface area contributed by atoms with Crippen LogP contribution in [-0.4, -0.2) is 56.5 Å². The second-order valence-electron chi connectivity index (χ2n) is 7.00. The minimum absolute atomic E-state index is 0.106. The Morgan fingerprint density at radius 2 is 1.79 bits per heavy atom. The van der Waals surface area contributed by atoms with E-state index in [4.69, 9.17) is 4.74 Å². The lowest BCUT2D eigenvalue weighted by molar-refractivity contribution is -0.153. The molecule has 1 unspecified atom stereocenters. The number of nitrogens with one attached hydrogen (secondary N) is 1. The second kappa shape index (κ2) is 8.70. The molecule has 1 atom stereocenters. The van der Waals surface area contributed by atoms with Gasteiger partial charge in [-0.2, -0.15) is 17.5 Å². The van der Waals surface area contributed by atoms with Crippen molar-refractivity contribution in [3.05, 3.63) is 28.8 Å². The Morgan fingerprint density at radius 3 is 2.34 bits per heavy atom. The summed E-state index contributed by atoms with van der Waals surface area (Å²) in [5.41, 5.74) is 2.00. The number of aryl methyl sites for hydroxylation is 3. The number of esters is 1. The Morgan fingerprint density at radius 1 is 1.21 bits per heavy atom. The summed E-state index contributed by atoms with van der Waals surface area (Å²) in [5.74, 6) is -2.08. The van der Waals surface area contributed by atoms with Crippen molar-refractivity contribution in [2.24, 2.45) is 0 Å². The lowest BCUT2D eigenvalue weighted by Gasteiger charge is -2.24. The maximum atomic E-state index is 13.2. The SMILES string of the molecule is Cc1cc(C)c(S(=O)(=O)N2CCCC2C(=O)OCC(=O)NCC(F)(F)F)c(C)c1. The first-order chi connectivity index (χ1) is 13.3. The Hall–Kier alpha value is -2.14. The molecule has 0 aromatic heterocycles. The maximum absolute atomic E-state index is 13.2. The standard InChI is InChI=1S/C18H23F3N2O5S/c1-11-7-12(2)16(13(3)8-11)29(26,27)23-6-4-5-14(23)17(25)28-9-15(24)22-10-18(19,20)21/h7-8,14H,4-6,9-10H2,1-3H3,(H,22,24). The third kappa shape index (κ3) is 5.69. The summed E-state index contributed by atoms with van der Waals surface area (Å²) >= 11 is 0. The predicted molar refractivity (Wildman–Crippen MR) is 97.6 cm³/mol. The summed E-state index contributed by atoms with van der Waals surface area (Å²) in [4.78, 5) is 23.9. The van der Waals surface area contributed by atoms with Gasteiger partial charge in [-0.3, -0.25) is 9.59 Å². The summed E-state index contributed by atoms with van der Waals surface area (Å²) < 4.78 is 68.4. The number of ether oxygens (including phenoxy) is 1. The van der Waals surface area contributed by atoms with Gasteiger partial charge in [0.15, 0.2) is 6.61 Å². The number of carbonyl (C=O) groups is 2. The molecular formula is C18H23F3N2O5S. The lowest BCUT2D eigenvalue weighted by Crippen LogP contribution is -2.43. The summed E-state index contributed by atoms with van der Waals surface area (Å²) in [7, 11) is -4.00. The molecule has 1 heterocycles. The van der Waals surface area contributed by atoms with Crippen LogP contribution in [0.2, 0.25) is 0 Å². The molecule has 1 fully saturated rings. The minimum atomic E-state index is -4.58. The Labute approximate surface area is 167 Å². The van der Waals surface area contributed by atoms with E-state index in [2.05, 4.69) is 0 Å². The van der Waals surface area contributed by atoms with Gasteiger partial charge in [0.05, 0.1) is 4.90 Å². The van der Waals surface area contributed by atoms with E-state index < -0.39 is 47.3 Å². The molecule has 1 aliphatic heterocycles. The molecule has 1 aromatic carbocycles. The van der Waals surface area contributed by atoms with Crippen LogP contribution in [0.3, 0.4) is 0 Å². The molecule has 1 aliphatic rings. The fourth-order valence-corrected chi connectivity index (χ4v) is 5.50. The summed E-state index contributed by atoms with van der Waals surface area (Å²) in [6, 6.07) is 2.33. The number of nitrogens with zero attached hydrogens (tertiary/aromatic N) is 1. The highest BCUT2D eigenvalue weighted by Gasteiger charge is 2.41. The van der Waals surface area contributed by atoms with Gasteiger partial charge in [-0.1, -0.05) is 17.7 Å². The first-order valence-electron chi connectivity index (χ1n) is 8.92. The third-order valence-electron chi connectivity index (χ3n) is 4.48. The summed E-state index contributed by atoms with van der Waals surface area (Å²) in [6.07, 6.45) is -3.96. The van der Waals surface area contributed by atoms with Crippen LogP contribution in [0.4, 0.5) is 13.2 Å². The van der Waals surface area contributed by atoms with E-state index in [1.807, 2.05) is 6.92 Å². The van der Waals surface area contributed by atoms with Crippen molar-refractivity contribution in [2.75, 3.05) is 19.7 Å². The summed E-state index contributed by atoms with van der Waals surface area (Å²) in [5, 5.41) is 1.58. The van der Waals surface area contributed by atoms with E-state index in [0.717, 1.165) is 9.87 Å².